The molecule has 0 fully saturated rings. The van der Waals surface area contributed by atoms with Gasteiger partial charge in [0.25, 0.3) is 0 Å². The fourth-order valence-corrected chi connectivity index (χ4v) is 1.16. The highest BCUT2D eigenvalue weighted by Crippen LogP contribution is 2.07. The van der Waals surface area contributed by atoms with E-state index in [0.717, 1.165) is 0 Å². The van der Waals surface area contributed by atoms with Crippen LogP contribution in [0.15, 0.2) is 30.3 Å². The molecule has 0 N–H and O–H groups in total. The molecule has 0 spiro atoms. The van der Waals surface area contributed by atoms with Crippen LogP contribution < -0.4 is 4.74 Å². The van der Waals surface area contributed by atoms with Gasteiger partial charge in [0.2, 0.25) is 0 Å². The second-order valence-corrected chi connectivity index (χ2v) is 3.66. The maximum Gasteiger partial charge on any atom is 0.344 e. The van der Waals surface area contributed by atoms with Crippen molar-refractivity contribution in [3.8, 4) is 5.75 Å². The maximum absolute atomic E-state index is 11.3. The Bertz CT molecular complexity index is 323. The summed E-state index contributed by atoms with van der Waals surface area (Å²) in [5.41, 5.74) is 0. The maximum atomic E-state index is 11.3. The molecule has 0 heterocycles. The summed E-state index contributed by atoms with van der Waals surface area (Å²) in [4.78, 5) is 11.3. The van der Waals surface area contributed by atoms with E-state index in [0.29, 0.717) is 18.8 Å². The highest BCUT2D eigenvalue weighted by Gasteiger charge is 2.05. The molecule has 1 aromatic rings. The molecule has 0 aromatic heterocycles. The fraction of sp³-hybridized carbons (Fsp3) is 0.462. The second-order valence-electron chi connectivity index (χ2n) is 3.66. The number of carbonyl (C=O) groups is 1. The summed E-state index contributed by atoms with van der Waals surface area (Å²) in [5.74, 6) is 0.298. The van der Waals surface area contributed by atoms with Gasteiger partial charge in [-0.2, -0.15) is 0 Å². The average molecular weight is 238 g/mol. The Balaban J connectivity index is 2.13. The van der Waals surface area contributed by atoms with Crippen LogP contribution >= 0.6 is 0 Å². The van der Waals surface area contributed by atoms with Crippen molar-refractivity contribution in [1.82, 2.24) is 0 Å². The first-order valence-electron chi connectivity index (χ1n) is 5.58. The van der Waals surface area contributed by atoms with Crippen LogP contribution in [0.2, 0.25) is 0 Å². The van der Waals surface area contributed by atoms with Gasteiger partial charge in [-0.25, -0.2) is 4.79 Å². The molecule has 0 saturated carbocycles. The third-order valence-electron chi connectivity index (χ3n) is 2.29. The molecule has 0 bridgehead atoms. The molecule has 1 rings (SSSR count). The number of benzene rings is 1. The Morgan fingerprint density at radius 1 is 1.29 bits per heavy atom. The average Bonchev–Trinajstić information content (AvgIpc) is 2.37. The van der Waals surface area contributed by atoms with E-state index in [-0.39, 0.29) is 18.7 Å². The third-order valence-corrected chi connectivity index (χ3v) is 2.29. The monoisotopic (exact) mass is 238 g/mol. The van der Waals surface area contributed by atoms with E-state index in [1.807, 2.05) is 25.1 Å². The predicted octanol–water partition coefficient (Wildman–Crippen LogP) is 2.03. The Hall–Kier alpha value is -1.55. The lowest BCUT2D eigenvalue weighted by Gasteiger charge is -2.10. The number of rotatable bonds is 7. The molecule has 0 aliphatic heterocycles. The van der Waals surface area contributed by atoms with Gasteiger partial charge in [0.1, 0.15) is 5.75 Å². The van der Waals surface area contributed by atoms with Gasteiger partial charge in [0, 0.05) is 13.5 Å². The predicted molar refractivity (Wildman–Crippen MR) is 64.0 cm³/mol. The minimum Gasteiger partial charge on any atom is -0.482 e. The van der Waals surface area contributed by atoms with Crippen molar-refractivity contribution in [2.75, 3.05) is 20.3 Å². The summed E-state index contributed by atoms with van der Waals surface area (Å²) in [7, 11) is 1.63. The largest absolute Gasteiger partial charge is 0.482 e. The number of esters is 1. The quantitative estimate of drug-likeness (QED) is 0.682. The summed E-state index contributed by atoms with van der Waals surface area (Å²) in [5, 5.41) is 0. The molecule has 1 atom stereocenters. The van der Waals surface area contributed by atoms with Crippen molar-refractivity contribution < 1.29 is 19.0 Å². The van der Waals surface area contributed by atoms with Crippen molar-refractivity contribution in [3.63, 3.8) is 0 Å². The molecule has 0 unspecified atom stereocenters. The van der Waals surface area contributed by atoms with Gasteiger partial charge in [0.05, 0.1) is 12.7 Å². The van der Waals surface area contributed by atoms with Gasteiger partial charge in [0.15, 0.2) is 6.61 Å². The van der Waals surface area contributed by atoms with Crippen LogP contribution in [-0.2, 0) is 14.3 Å². The van der Waals surface area contributed by atoms with Crippen molar-refractivity contribution >= 4 is 5.97 Å². The Morgan fingerprint density at radius 2 is 2.00 bits per heavy atom. The Kier molecular flexibility index (Phi) is 6.10. The van der Waals surface area contributed by atoms with Gasteiger partial charge in [-0.15, -0.1) is 0 Å². The molecule has 1 aromatic carbocycles. The van der Waals surface area contributed by atoms with E-state index >= 15 is 0 Å². The van der Waals surface area contributed by atoms with Crippen LogP contribution in [0.3, 0.4) is 0 Å². The van der Waals surface area contributed by atoms with Crippen molar-refractivity contribution in [2.24, 2.45) is 0 Å². The molecule has 0 amide bonds. The lowest BCUT2D eigenvalue weighted by molar-refractivity contribution is -0.146. The van der Waals surface area contributed by atoms with Crippen molar-refractivity contribution in [3.05, 3.63) is 30.3 Å². The van der Waals surface area contributed by atoms with Crippen LogP contribution in [0, 0.1) is 0 Å². The summed E-state index contributed by atoms with van der Waals surface area (Å²) in [6.07, 6.45) is 0.783. The van der Waals surface area contributed by atoms with E-state index in [9.17, 15) is 4.79 Å². The first-order chi connectivity index (χ1) is 8.22. The number of ether oxygens (including phenoxy) is 3. The molecule has 0 aliphatic rings. The minimum atomic E-state index is -0.364. The Labute approximate surface area is 101 Å². The highest BCUT2D eigenvalue weighted by atomic mass is 16.6. The molecule has 0 aliphatic carbocycles. The van der Waals surface area contributed by atoms with Crippen molar-refractivity contribution in [1.29, 1.82) is 0 Å². The van der Waals surface area contributed by atoms with Crippen LogP contribution in [0.4, 0.5) is 0 Å². The molecule has 4 nitrogen and oxygen atoms in total. The van der Waals surface area contributed by atoms with Gasteiger partial charge < -0.3 is 14.2 Å². The molecule has 17 heavy (non-hydrogen) atoms. The van der Waals surface area contributed by atoms with E-state index in [1.54, 1.807) is 19.2 Å². The minimum absolute atomic E-state index is 0.0641. The van der Waals surface area contributed by atoms with Gasteiger partial charge in [-0.05, 0) is 19.1 Å². The number of methoxy groups -OCH3 is 1. The summed E-state index contributed by atoms with van der Waals surface area (Å²) < 4.78 is 15.3. The lowest BCUT2D eigenvalue weighted by atomic mass is 10.3. The zero-order chi connectivity index (χ0) is 12.5. The Morgan fingerprint density at radius 3 is 2.65 bits per heavy atom. The van der Waals surface area contributed by atoms with E-state index in [2.05, 4.69) is 0 Å². The standard InChI is InChI=1S/C13H18O4/c1-11(15-2)8-9-16-13(14)10-17-12-6-4-3-5-7-12/h3-7,11H,8-10H2,1-2H3/t11-/m0/s1. The zero-order valence-electron chi connectivity index (χ0n) is 10.2. The molecular weight excluding hydrogens is 220 g/mol. The number of hydrogen-bond acceptors (Lipinski definition) is 4. The second kappa shape index (κ2) is 7.68. The van der Waals surface area contributed by atoms with Crippen LogP contribution in [0.5, 0.6) is 5.75 Å². The van der Waals surface area contributed by atoms with Gasteiger partial charge >= 0.3 is 5.97 Å². The first kappa shape index (κ1) is 13.5. The molecule has 0 saturated heterocycles. The number of para-hydroxylation sites is 1. The topological polar surface area (TPSA) is 44.8 Å². The summed E-state index contributed by atoms with van der Waals surface area (Å²) >= 11 is 0. The van der Waals surface area contributed by atoms with Crippen LogP contribution in [0.1, 0.15) is 13.3 Å². The molecule has 4 heteroatoms. The SMILES string of the molecule is CO[C@@H](C)CCOC(=O)COc1ccccc1. The van der Waals surface area contributed by atoms with E-state index in [4.69, 9.17) is 14.2 Å². The van der Waals surface area contributed by atoms with Crippen molar-refractivity contribution in [2.45, 2.75) is 19.4 Å². The highest BCUT2D eigenvalue weighted by molar-refractivity contribution is 5.71. The van der Waals surface area contributed by atoms with Crippen LogP contribution in [0.25, 0.3) is 0 Å². The normalized spacial score (nSPS) is 11.9. The molecule has 0 radical (unpaired) electrons. The summed E-state index contributed by atoms with van der Waals surface area (Å²) in [6.45, 7) is 2.21. The lowest BCUT2D eigenvalue weighted by Crippen LogP contribution is -2.17. The molecule has 94 valence electrons. The van der Waals surface area contributed by atoms with E-state index < -0.39 is 0 Å². The van der Waals surface area contributed by atoms with Gasteiger partial charge in [-0.3, -0.25) is 0 Å². The zero-order valence-corrected chi connectivity index (χ0v) is 10.2. The number of carbonyl (C=O) groups excluding carboxylic acids is 1. The first-order valence-corrected chi connectivity index (χ1v) is 5.58. The number of hydrogen-bond donors (Lipinski definition) is 0. The smallest absolute Gasteiger partial charge is 0.344 e. The third kappa shape index (κ3) is 5.92. The van der Waals surface area contributed by atoms with Gasteiger partial charge in [-0.1, -0.05) is 18.2 Å². The molecular formula is C13H18O4. The van der Waals surface area contributed by atoms with E-state index in [1.165, 1.54) is 0 Å². The summed E-state index contributed by atoms with van der Waals surface area (Å²) in [6, 6.07) is 9.17. The fourth-order valence-electron chi connectivity index (χ4n) is 1.16. The van der Waals surface area contributed by atoms with Crippen LogP contribution in [-0.4, -0.2) is 32.4 Å².